The van der Waals surface area contributed by atoms with Gasteiger partial charge in [-0.3, -0.25) is 0 Å². The molecule has 1 fully saturated rings. The van der Waals surface area contributed by atoms with E-state index >= 15 is 0 Å². The summed E-state index contributed by atoms with van der Waals surface area (Å²) in [7, 11) is 0. The number of azo groups is 1. The smallest absolute Gasteiger partial charge is 0.0833 e. The van der Waals surface area contributed by atoms with E-state index in [9.17, 15) is 0 Å². The fourth-order valence-electron chi connectivity index (χ4n) is 4.72. The Labute approximate surface area is 195 Å². The van der Waals surface area contributed by atoms with Crippen LogP contribution in [0.25, 0.3) is 0 Å². The van der Waals surface area contributed by atoms with E-state index in [0.29, 0.717) is 6.10 Å². The van der Waals surface area contributed by atoms with Crippen LogP contribution in [0.15, 0.2) is 10.2 Å². The van der Waals surface area contributed by atoms with Gasteiger partial charge in [-0.15, -0.1) is 0 Å². The zero-order valence-electron chi connectivity index (χ0n) is 21.3. The van der Waals surface area contributed by atoms with E-state index in [1.165, 1.54) is 148 Å². The lowest BCUT2D eigenvalue weighted by Crippen LogP contribution is -2.15. The summed E-state index contributed by atoms with van der Waals surface area (Å²) in [5, 5.41) is 8.70. The maximum absolute atomic E-state index is 6.13. The number of unbranched alkanes of at least 4 members (excludes halogenated alkanes) is 12. The third kappa shape index (κ3) is 21.2. The van der Waals surface area contributed by atoms with Gasteiger partial charge in [0.15, 0.2) is 0 Å². The van der Waals surface area contributed by atoms with Crippen LogP contribution in [0, 0.1) is 0 Å². The van der Waals surface area contributed by atoms with E-state index in [1.807, 2.05) is 0 Å². The minimum atomic E-state index is 0.467. The van der Waals surface area contributed by atoms with E-state index in [0.717, 1.165) is 19.7 Å². The first-order chi connectivity index (χ1) is 15.4. The molecular formula is C28H56N2O. The van der Waals surface area contributed by atoms with Crippen molar-refractivity contribution in [1.29, 1.82) is 0 Å². The van der Waals surface area contributed by atoms with Gasteiger partial charge in [0.2, 0.25) is 0 Å². The van der Waals surface area contributed by atoms with Crippen LogP contribution < -0.4 is 0 Å². The Bertz CT molecular complexity index is 360. The molecule has 0 saturated heterocycles. The Balaban J connectivity index is 1.83. The van der Waals surface area contributed by atoms with Gasteiger partial charge in [0.25, 0.3) is 0 Å². The zero-order valence-corrected chi connectivity index (χ0v) is 21.3. The molecule has 0 heterocycles. The van der Waals surface area contributed by atoms with Crippen LogP contribution >= 0.6 is 0 Å². The van der Waals surface area contributed by atoms with Gasteiger partial charge in [0.05, 0.1) is 25.8 Å². The summed E-state index contributed by atoms with van der Waals surface area (Å²) in [6.45, 7) is 4.70. The van der Waals surface area contributed by atoms with Crippen LogP contribution in [0.2, 0.25) is 0 Å². The minimum Gasteiger partial charge on any atom is -0.376 e. The predicted octanol–water partition coefficient (Wildman–Crippen LogP) is 9.83. The van der Waals surface area contributed by atoms with Gasteiger partial charge in [0.1, 0.15) is 0 Å². The van der Waals surface area contributed by atoms with E-state index in [-0.39, 0.29) is 0 Å². The first-order valence-electron chi connectivity index (χ1n) is 14.4. The zero-order chi connectivity index (χ0) is 22.1. The van der Waals surface area contributed by atoms with Gasteiger partial charge in [-0.25, -0.2) is 0 Å². The summed E-state index contributed by atoms with van der Waals surface area (Å²) >= 11 is 0. The summed E-state index contributed by atoms with van der Waals surface area (Å²) in [4.78, 5) is 0. The summed E-state index contributed by atoms with van der Waals surface area (Å²) < 4.78 is 6.13. The highest BCUT2D eigenvalue weighted by atomic mass is 16.5. The lowest BCUT2D eigenvalue weighted by molar-refractivity contribution is 0.0432. The Morgan fingerprint density at radius 1 is 0.516 bits per heavy atom. The largest absolute Gasteiger partial charge is 0.376 e. The molecule has 0 aromatic carbocycles. The molecule has 0 amide bonds. The lowest BCUT2D eigenvalue weighted by Gasteiger charge is -2.16. The predicted molar refractivity (Wildman–Crippen MR) is 136 cm³/mol. The molecule has 31 heavy (non-hydrogen) atoms. The van der Waals surface area contributed by atoms with Gasteiger partial charge < -0.3 is 4.74 Å². The molecule has 0 spiro atoms. The Morgan fingerprint density at radius 2 is 0.935 bits per heavy atom. The molecule has 0 N–H and O–H groups in total. The average Bonchev–Trinajstić information content (AvgIpc) is 2.84. The van der Waals surface area contributed by atoms with Gasteiger partial charge in [-0.2, -0.15) is 10.2 Å². The molecule has 1 saturated carbocycles. The number of hydrogen-bond acceptors (Lipinski definition) is 3. The Morgan fingerprint density at radius 3 is 1.45 bits per heavy atom. The summed E-state index contributed by atoms with van der Waals surface area (Å²) in [5.74, 6) is 0. The quantitative estimate of drug-likeness (QED) is 0.155. The monoisotopic (exact) mass is 436 g/mol. The standard InChI is InChI=1S/C28H56N2O/c1-2-3-4-5-6-7-8-9-10-13-16-19-22-25-29-30-26-27-31-28-23-20-17-14-11-12-15-18-21-24-28/h28H,2-27H2,1H3. The van der Waals surface area contributed by atoms with Gasteiger partial charge in [-0.1, -0.05) is 135 Å². The number of rotatable bonds is 18. The third-order valence-corrected chi connectivity index (χ3v) is 6.81. The first kappa shape index (κ1) is 28.6. The molecule has 184 valence electrons. The average molecular weight is 437 g/mol. The maximum atomic E-state index is 6.13. The highest BCUT2D eigenvalue weighted by Gasteiger charge is 2.09. The molecule has 3 heteroatoms. The lowest BCUT2D eigenvalue weighted by atomic mass is 10.0. The second kappa shape index (κ2) is 24.2. The van der Waals surface area contributed by atoms with Gasteiger partial charge in [-0.05, 0) is 19.3 Å². The van der Waals surface area contributed by atoms with Crippen molar-refractivity contribution in [2.45, 2.75) is 161 Å². The van der Waals surface area contributed by atoms with Crippen LogP contribution in [-0.2, 0) is 4.74 Å². The Kier molecular flexibility index (Phi) is 22.3. The second-order valence-electron chi connectivity index (χ2n) is 9.87. The third-order valence-electron chi connectivity index (χ3n) is 6.81. The minimum absolute atomic E-state index is 0.467. The molecule has 3 nitrogen and oxygen atoms in total. The van der Waals surface area contributed by atoms with Crippen molar-refractivity contribution >= 4 is 0 Å². The molecule has 0 aliphatic heterocycles. The number of nitrogens with zero attached hydrogens (tertiary/aromatic N) is 2. The van der Waals surface area contributed by atoms with Gasteiger partial charge >= 0.3 is 0 Å². The molecule has 0 bridgehead atoms. The van der Waals surface area contributed by atoms with Crippen LogP contribution in [-0.4, -0.2) is 25.8 Å². The molecule has 1 aliphatic rings. The van der Waals surface area contributed by atoms with E-state index in [1.54, 1.807) is 0 Å². The molecule has 0 unspecified atom stereocenters. The van der Waals surface area contributed by atoms with E-state index < -0.39 is 0 Å². The highest BCUT2D eigenvalue weighted by molar-refractivity contribution is 4.62. The molecule has 0 radical (unpaired) electrons. The molecule has 0 aromatic rings. The Hall–Kier alpha value is -0.440. The first-order valence-corrected chi connectivity index (χ1v) is 14.4. The summed E-state index contributed by atoms with van der Waals surface area (Å²) in [6.07, 6.45) is 32.3. The van der Waals surface area contributed by atoms with Crippen LogP contribution in [0.3, 0.4) is 0 Å². The maximum Gasteiger partial charge on any atom is 0.0833 e. The molecule has 0 aromatic heterocycles. The summed E-state index contributed by atoms with van der Waals surface area (Å²) in [6, 6.07) is 0. The van der Waals surface area contributed by atoms with Crippen LogP contribution in [0.1, 0.15) is 155 Å². The second-order valence-corrected chi connectivity index (χ2v) is 9.87. The fraction of sp³-hybridized carbons (Fsp3) is 1.00. The van der Waals surface area contributed by atoms with Crippen molar-refractivity contribution in [3.05, 3.63) is 0 Å². The molecule has 1 rings (SSSR count). The van der Waals surface area contributed by atoms with Crippen molar-refractivity contribution in [1.82, 2.24) is 0 Å². The van der Waals surface area contributed by atoms with Crippen molar-refractivity contribution < 1.29 is 4.74 Å². The SMILES string of the molecule is CCCCCCCCCCCCCCCN=NCCOC1CCCCCCCCCC1. The fourth-order valence-corrected chi connectivity index (χ4v) is 4.72. The number of hydrogen-bond donors (Lipinski definition) is 0. The molecule has 0 atom stereocenters. The van der Waals surface area contributed by atoms with Crippen LogP contribution in [0.4, 0.5) is 0 Å². The van der Waals surface area contributed by atoms with Crippen molar-refractivity contribution in [3.63, 3.8) is 0 Å². The van der Waals surface area contributed by atoms with Crippen molar-refractivity contribution in [3.8, 4) is 0 Å². The highest BCUT2D eigenvalue weighted by Crippen LogP contribution is 2.19. The molecule has 1 aliphatic carbocycles. The van der Waals surface area contributed by atoms with Crippen molar-refractivity contribution in [2.75, 3.05) is 19.7 Å². The van der Waals surface area contributed by atoms with Gasteiger partial charge in [0, 0.05) is 0 Å². The van der Waals surface area contributed by atoms with E-state index in [4.69, 9.17) is 4.74 Å². The van der Waals surface area contributed by atoms with Crippen LogP contribution in [0.5, 0.6) is 0 Å². The normalized spacial score (nSPS) is 17.2. The van der Waals surface area contributed by atoms with Crippen molar-refractivity contribution in [2.24, 2.45) is 10.2 Å². The summed E-state index contributed by atoms with van der Waals surface area (Å²) in [5.41, 5.74) is 0. The molecular weight excluding hydrogens is 380 g/mol. The van der Waals surface area contributed by atoms with E-state index in [2.05, 4.69) is 17.2 Å². The number of ether oxygens (including phenoxy) is 1. The topological polar surface area (TPSA) is 34.0 Å².